The van der Waals surface area contributed by atoms with Gasteiger partial charge in [-0.1, -0.05) is 99.9 Å². The molecule has 0 fully saturated rings. The van der Waals surface area contributed by atoms with E-state index in [0.717, 1.165) is 0 Å². The van der Waals surface area contributed by atoms with Crippen LogP contribution in [0.4, 0.5) is 0 Å². The number of carbonyl (C=O) groups is 1. The molecule has 22 heavy (non-hydrogen) atoms. The number of benzene rings is 1. The van der Waals surface area contributed by atoms with Gasteiger partial charge in [-0.25, -0.2) is 15.0 Å². The maximum absolute atomic E-state index is 12.4. The van der Waals surface area contributed by atoms with Crippen molar-refractivity contribution in [2.24, 2.45) is 0 Å². The monoisotopic (exact) mass is 417 g/mol. The van der Waals surface area contributed by atoms with Crippen molar-refractivity contribution < 1.29 is 4.79 Å². The van der Waals surface area contributed by atoms with E-state index in [1.54, 1.807) is 30.3 Å². The summed E-state index contributed by atoms with van der Waals surface area (Å²) in [6.45, 7) is 0. The van der Waals surface area contributed by atoms with Crippen molar-refractivity contribution in [3.63, 3.8) is 0 Å². The summed E-state index contributed by atoms with van der Waals surface area (Å²) < 4.78 is -4.00. The van der Waals surface area contributed by atoms with Crippen LogP contribution in [0, 0.1) is 0 Å². The molecule has 0 atom stereocenters. The van der Waals surface area contributed by atoms with E-state index in [-0.39, 0.29) is 17.5 Å². The number of aromatic nitrogens is 3. The fourth-order valence-corrected chi connectivity index (χ4v) is 1.96. The first kappa shape index (κ1) is 18.0. The van der Waals surface area contributed by atoms with Crippen molar-refractivity contribution in [1.82, 2.24) is 15.0 Å². The van der Waals surface area contributed by atoms with Crippen molar-refractivity contribution in [2.75, 3.05) is 0 Å². The van der Waals surface area contributed by atoms with Crippen molar-refractivity contribution in [3.05, 3.63) is 53.4 Å². The molecule has 0 bridgehead atoms. The quantitative estimate of drug-likeness (QED) is 0.520. The lowest BCUT2D eigenvalue weighted by Gasteiger charge is -2.15. The smallest absolute Gasteiger partial charge is 0.250 e. The van der Waals surface area contributed by atoms with E-state index in [1.165, 1.54) is 0 Å². The Hall–Kier alpha value is -0.360. The van der Waals surface area contributed by atoms with Gasteiger partial charge in [0.05, 0.1) is 0 Å². The van der Waals surface area contributed by atoms with Crippen LogP contribution in [0.2, 0.25) is 0 Å². The third kappa shape index (κ3) is 4.34. The third-order valence-corrected chi connectivity index (χ3v) is 3.40. The number of halogens is 6. The van der Waals surface area contributed by atoms with Crippen LogP contribution in [0.3, 0.4) is 0 Å². The normalized spacial score (nSPS) is 12.3. The fraction of sp³-hybridized carbons (Fsp3) is 0.167. The van der Waals surface area contributed by atoms with E-state index in [0.29, 0.717) is 5.56 Å². The Labute approximate surface area is 155 Å². The lowest BCUT2D eigenvalue weighted by molar-refractivity contribution is 0.102. The zero-order valence-corrected chi connectivity index (χ0v) is 14.9. The molecule has 4 nitrogen and oxygen atoms in total. The van der Waals surface area contributed by atoms with Gasteiger partial charge in [-0.05, 0) is 0 Å². The van der Waals surface area contributed by atoms with Crippen molar-refractivity contribution in [3.8, 4) is 0 Å². The number of nitrogens with zero attached hydrogens (tertiary/aromatic N) is 3. The molecule has 0 amide bonds. The Morgan fingerprint density at radius 3 is 1.64 bits per heavy atom. The summed E-state index contributed by atoms with van der Waals surface area (Å²) in [5.74, 6) is -1.43. The van der Waals surface area contributed by atoms with E-state index in [1.807, 2.05) is 0 Å². The molecule has 2 aromatic rings. The lowest BCUT2D eigenvalue weighted by atomic mass is 10.1. The average molecular weight is 420 g/mol. The molecule has 0 aliphatic heterocycles. The zero-order chi connectivity index (χ0) is 16.5. The first-order chi connectivity index (χ1) is 10.1. The fourth-order valence-electron chi connectivity index (χ4n) is 1.45. The van der Waals surface area contributed by atoms with Crippen molar-refractivity contribution >= 4 is 75.4 Å². The number of rotatable bonds is 2. The number of alkyl halides is 6. The Morgan fingerprint density at radius 1 is 0.773 bits per heavy atom. The number of hydrogen-bond donors (Lipinski definition) is 0. The second-order valence-corrected chi connectivity index (χ2v) is 8.56. The van der Waals surface area contributed by atoms with Crippen LogP contribution >= 0.6 is 69.6 Å². The summed E-state index contributed by atoms with van der Waals surface area (Å²) in [7, 11) is 0. The van der Waals surface area contributed by atoms with Crippen molar-refractivity contribution in [1.29, 1.82) is 0 Å². The second-order valence-electron chi connectivity index (χ2n) is 4.00. The first-order valence-electron chi connectivity index (χ1n) is 5.59. The lowest BCUT2D eigenvalue weighted by Crippen LogP contribution is -2.20. The summed E-state index contributed by atoms with van der Waals surface area (Å²) in [6, 6.07) is 8.27. The zero-order valence-electron chi connectivity index (χ0n) is 10.4. The molecule has 0 aliphatic carbocycles. The average Bonchev–Trinajstić information content (AvgIpc) is 2.45. The molecule has 1 aromatic heterocycles. The van der Waals surface area contributed by atoms with Crippen LogP contribution in [-0.4, -0.2) is 20.7 Å². The topological polar surface area (TPSA) is 55.7 Å². The van der Waals surface area contributed by atoms with Gasteiger partial charge in [0.2, 0.25) is 19.2 Å². The minimum absolute atomic E-state index is 0.288. The van der Waals surface area contributed by atoms with Gasteiger partial charge >= 0.3 is 0 Å². The molecule has 10 heteroatoms. The van der Waals surface area contributed by atoms with Crippen LogP contribution in [0.15, 0.2) is 30.3 Å². The van der Waals surface area contributed by atoms with E-state index in [2.05, 4.69) is 15.0 Å². The van der Waals surface area contributed by atoms with Gasteiger partial charge in [-0.15, -0.1) is 0 Å². The molecular formula is C12H5Cl6N3O. The molecule has 0 N–H and O–H groups in total. The molecule has 1 aromatic carbocycles. The van der Waals surface area contributed by atoms with Gasteiger partial charge in [0, 0.05) is 5.56 Å². The van der Waals surface area contributed by atoms with E-state index < -0.39 is 13.4 Å². The number of ketones is 1. The molecule has 0 saturated carbocycles. The third-order valence-electron chi connectivity index (χ3n) is 2.38. The Balaban J connectivity index is 2.58. The highest BCUT2D eigenvalue weighted by Crippen LogP contribution is 2.39. The van der Waals surface area contributed by atoms with Gasteiger partial charge in [0.15, 0.2) is 11.6 Å². The SMILES string of the molecule is O=C(c1ccccc1)c1nc(C(Cl)(Cl)Cl)nc(C(Cl)(Cl)Cl)n1. The van der Waals surface area contributed by atoms with Gasteiger partial charge < -0.3 is 0 Å². The second kappa shape index (κ2) is 6.63. The maximum atomic E-state index is 12.4. The van der Waals surface area contributed by atoms with Gasteiger partial charge in [0.25, 0.3) is 0 Å². The number of carbonyl (C=O) groups excluding carboxylic acids is 1. The predicted molar refractivity (Wildman–Crippen MR) is 88.2 cm³/mol. The van der Waals surface area contributed by atoms with Crippen molar-refractivity contribution in [2.45, 2.75) is 7.59 Å². The first-order valence-corrected chi connectivity index (χ1v) is 7.86. The Bertz CT molecular complexity index is 664. The minimum atomic E-state index is -2.00. The van der Waals surface area contributed by atoms with Gasteiger partial charge in [-0.3, -0.25) is 4.79 Å². The van der Waals surface area contributed by atoms with E-state index >= 15 is 0 Å². The Kier molecular flexibility index (Phi) is 5.42. The highest BCUT2D eigenvalue weighted by atomic mass is 35.6. The molecule has 0 spiro atoms. The molecule has 1 heterocycles. The summed E-state index contributed by atoms with van der Waals surface area (Å²) >= 11 is 34.4. The van der Waals surface area contributed by atoms with Gasteiger partial charge in [-0.2, -0.15) is 0 Å². The molecule has 0 saturated heterocycles. The Morgan fingerprint density at radius 2 is 1.23 bits per heavy atom. The van der Waals surface area contributed by atoms with Crippen LogP contribution in [0.25, 0.3) is 0 Å². The highest BCUT2D eigenvalue weighted by molar-refractivity contribution is 6.67. The molecule has 0 aliphatic rings. The minimum Gasteiger partial charge on any atom is -0.285 e. The van der Waals surface area contributed by atoms with Crippen LogP contribution < -0.4 is 0 Å². The molecule has 0 unspecified atom stereocenters. The maximum Gasteiger partial charge on any atom is 0.250 e. The standard InChI is InChI=1S/C12H5Cl6N3O/c13-11(14,15)9-19-8(20-10(21-9)12(16,17)18)7(22)6-4-2-1-3-5-6/h1-5H. The van der Waals surface area contributed by atoms with E-state index in [4.69, 9.17) is 69.6 Å². The van der Waals surface area contributed by atoms with Gasteiger partial charge in [0.1, 0.15) is 0 Å². The highest BCUT2D eigenvalue weighted by Gasteiger charge is 2.34. The molecular weight excluding hydrogens is 415 g/mol. The van der Waals surface area contributed by atoms with Crippen LogP contribution in [-0.2, 0) is 7.59 Å². The summed E-state index contributed by atoms with van der Waals surface area (Å²) in [5.41, 5.74) is 0.333. The largest absolute Gasteiger partial charge is 0.285 e. The van der Waals surface area contributed by atoms with Crippen LogP contribution in [0.1, 0.15) is 27.8 Å². The predicted octanol–water partition coefficient (Wildman–Crippen LogP) is 4.76. The number of hydrogen-bond acceptors (Lipinski definition) is 4. The summed E-state index contributed by atoms with van der Waals surface area (Å²) in [4.78, 5) is 23.9. The summed E-state index contributed by atoms with van der Waals surface area (Å²) in [6.07, 6.45) is 0. The summed E-state index contributed by atoms with van der Waals surface area (Å²) in [5, 5.41) is 0. The van der Waals surface area contributed by atoms with E-state index in [9.17, 15) is 4.79 Å². The van der Waals surface area contributed by atoms with Crippen LogP contribution in [0.5, 0.6) is 0 Å². The molecule has 116 valence electrons. The molecule has 0 radical (unpaired) electrons. The molecule has 2 rings (SSSR count).